The van der Waals surface area contributed by atoms with E-state index in [1.807, 2.05) is 30.3 Å². The Bertz CT molecular complexity index is 2990. The average Bonchev–Trinajstić information content (AvgIpc) is 3.29. The van der Waals surface area contributed by atoms with E-state index in [2.05, 4.69) is 176 Å². The molecule has 56 heavy (non-hydrogen) atoms. The Balaban J connectivity index is 0.975. The zero-order chi connectivity index (χ0) is 37.3. The number of hydrogen-bond acceptors (Lipinski definition) is 4. The minimum absolute atomic E-state index is 0.698. The number of fused-ring (bicyclic) bond motifs is 3. The second-order valence-corrected chi connectivity index (χ2v) is 13.9. The largest absolute Gasteiger partial charge is 0.246 e. The van der Waals surface area contributed by atoms with Crippen molar-refractivity contribution in [3.05, 3.63) is 206 Å². The van der Waals surface area contributed by atoms with Crippen LogP contribution in [0, 0.1) is 0 Å². The maximum Gasteiger partial charge on any atom is 0.160 e. The quantitative estimate of drug-likeness (QED) is 0.154. The van der Waals surface area contributed by atoms with Gasteiger partial charge in [-0.2, -0.15) is 0 Å². The second-order valence-electron chi connectivity index (χ2n) is 13.9. The summed E-state index contributed by atoms with van der Waals surface area (Å²) in [5.74, 6) is 0.698. The van der Waals surface area contributed by atoms with Gasteiger partial charge in [-0.25, -0.2) is 19.9 Å². The minimum atomic E-state index is 0.698. The molecule has 0 fully saturated rings. The molecule has 0 aliphatic carbocycles. The van der Waals surface area contributed by atoms with Crippen LogP contribution >= 0.6 is 0 Å². The molecule has 0 spiro atoms. The van der Waals surface area contributed by atoms with Gasteiger partial charge in [0.25, 0.3) is 0 Å². The van der Waals surface area contributed by atoms with Gasteiger partial charge < -0.3 is 0 Å². The van der Waals surface area contributed by atoms with E-state index in [9.17, 15) is 0 Å². The molecule has 0 N–H and O–H groups in total. The van der Waals surface area contributed by atoms with Crippen molar-refractivity contribution < 1.29 is 0 Å². The third-order valence-corrected chi connectivity index (χ3v) is 10.3. The van der Waals surface area contributed by atoms with E-state index < -0.39 is 0 Å². The highest BCUT2D eigenvalue weighted by Crippen LogP contribution is 2.34. The van der Waals surface area contributed by atoms with Crippen LogP contribution in [0.15, 0.2) is 206 Å². The molecule has 0 atom stereocenters. The Labute approximate surface area is 325 Å². The molecule has 0 aliphatic rings. The fourth-order valence-electron chi connectivity index (χ4n) is 7.44. The first-order chi connectivity index (χ1) is 27.7. The molecule has 0 amide bonds. The van der Waals surface area contributed by atoms with Crippen molar-refractivity contribution in [1.82, 2.24) is 19.9 Å². The SMILES string of the molecule is c1ccc(-c2ccc(-c3cc(-c4ccc(-c5cccc(-c6cccc(-c7nc8ccccc8c8ccccc78)n6)c5)cc4)nc(-c4ccccc4)n3)cc2)cc1. The molecule has 10 aromatic rings. The van der Waals surface area contributed by atoms with Crippen molar-refractivity contribution >= 4 is 21.7 Å². The molecule has 10 rings (SSSR count). The Morgan fingerprint density at radius 1 is 0.232 bits per heavy atom. The van der Waals surface area contributed by atoms with E-state index in [0.29, 0.717) is 5.82 Å². The lowest BCUT2D eigenvalue weighted by atomic mass is 9.98. The van der Waals surface area contributed by atoms with Gasteiger partial charge in [-0.05, 0) is 58.0 Å². The summed E-state index contributed by atoms with van der Waals surface area (Å²) in [6, 6.07) is 71.5. The standard InChI is InChI=1S/C52H34N4/c1-3-13-35(14-4-1)36-25-29-38(30-26-36)49-34-50(56-52(55-49)40-15-5-2-6-16-40)39-31-27-37(28-32-39)41-17-11-18-42(33-41)46-23-12-24-48(53-46)51-45-21-8-7-19-43(45)44-20-9-10-22-47(44)54-51/h1-34H. The van der Waals surface area contributed by atoms with Crippen LogP contribution < -0.4 is 0 Å². The fraction of sp³-hybridized carbons (Fsp3) is 0. The number of benzene rings is 7. The Morgan fingerprint density at radius 3 is 1.41 bits per heavy atom. The molecular weight excluding hydrogens is 681 g/mol. The van der Waals surface area contributed by atoms with E-state index in [4.69, 9.17) is 19.9 Å². The summed E-state index contributed by atoms with van der Waals surface area (Å²) >= 11 is 0. The van der Waals surface area contributed by atoms with Gasteiger partial charge in [-0.1, -0.05) is 176 Å². The van der Waals surface area contributed by atoms with Gasteiger partial charge >= 0.3 is 0 Å². The van der Waals surface area contributed by atoms with Crippen molar-refractivity contribution in [2.45, 2.75) is 0 Å². The highest BCUT2D eigenvalue weighted by molar-refractivity contribution is 6.10. The molecule has 3 aromatic heterocycles. The van der Waals surface area contributed by atoms with Gasteiger partial charge in [0.1, 0.15) is 0 Å². The van der Waals surface area contributed by atoms with Crippen LogP contribution in [0.3, 0.4) is 0 Å². The lowest BCUT2D eigenvalue weighted by Gasteiger charge is -2.12. The number of aromatic nitrogens is 4. The first-order valence-corrected chi connectivity index (χ1v) is 18.8. The Hall–Kier alpha value is -7.56. The first kappa shape index (κ1) is 33.0. The van der Waals surface area contributed by atoms with Crippen molar-refractivity contribution in [3.8, 4) is 78.8 Å². The second kappa shape index (κ2) is 14.3. The normalized spacial score (nSPS) is 11.2. The topological polar surface area (TPSA) is 51.6 Å². The molecule has 0 radical (unpaired) electrons. The fourth-order valence-corrected chi connectivity index (χ4v) is 7.44. The molecule has 0 aliphatic heterocycles. The Morgan fingerprint density at radius 2 is 0.714 bits per heavy atom. The molecule has 262 valence electrons. The number of pyridine rings is 2. The van der Waals surface area contributed by atoms with E-state index in [1.165, 1.54) is 16.5 Å². The van der Waals surface area contributed by atoms with Crippen LogP contribution in [0.25, 0.3) is 100 Å². The zero-order valence-electron chi connectivity index (χ0n) is 30.4. The van der Waals surface area contributed by atoms with Gasteiger partial charge in [-0.15, -0.1) is 0 Å². The van der Waals surface area contributed by atoms with E-state index in [1.54, 1.807) is 0 Å². The summed E-state index contributed by atoms with van der Waals surface area (Å²) in [4.78, 5) is 20.4. The van der Waals surface area contributed by atoms with Gasteiger partial charge in [-0.3, -0.25) is 0 Å². The van der Waals surface area contributed by atoms with Crippen LogP contribution in [0.1, 0.15) is 0 Å². The molecule has 0 bridgehead atoms. The molecule has 3 heterocycles. The van der Waals surface area contributed by atoms with Crippen molar-refractivity contribution in [2.75, 3.05) is 0 Å². The lowest BCUT2D eigenvalue weighted by Crippen LogP contribution is -1.96. The predicted octanol–water partition coefficient (Wildman–Crippen LogP) is 13.2. The summed E-state index contributed by atoms with van der Waals surface area (Å²) in [5.41, 5.74) is 14.0. The third-order valence-electron chi connectivity index (χ3n) is 10.3. The summed E-state index contributed by atoms with van der Waals surface area (Å²) in [6.45, 7) is 0. The van der Waals surface area contributed by atoms with E-state index in [-0.39, 0.29) is 0 Å². The number of para-hydroxylation sites is 1. The smallest absolute Gasteiger partial charge is 0.160 e. The number of rotatable bonds is 7. The maximum absolute atomic E-state index is 5.17. The van der Waals surface area contributed by atoms with Crippen molar-refractivity contribution in [2.24, 2.45) is 0 Å². The maximum atomic E-state index is 5.17. The zero-order valence-corrected chi connectivity index (χ0v) is 30.4. The van der Waals surface area contributed by atoms with Crippen molar-refractivity contribution in [1.29, 1.82) is 0 Å². The molecule has 4 heteroatoms. The molecule has 4 nitrogen and oxygen atoms in total. The van der Waals surface area contributed by atoms with Gasteiger partial charge in [0.2, 0.25) is 0 Å². The summed E-state index contributed by atoms with van der Waals surface area (Å²) in [6.07, 6.45) is 0. The van der Waals surface area contributed by atoms with Crippen molar-refractivity contribution in [3.63, 3.8) is 0 Å². The van der Waals surface area contributed by atoms with E-state index in [0.717, 1.165) is 78.1 Å². The van der Waals surface area contributed by atoms with Crippen LogP contribution in [-0.4, -0.2) is 19.9 Å². The Kier molecular flexibility index (Phi) is 8.47. The number of nitrogens with zero attached hydrogens (tertiary/aromatic N) is 4. The van der Waals surface area contributed by atoms with Gasteiger partial charge in [0.05, 0.1) is 34.0 Å². The predicted molar refractivity (Wildman–Crippen MR) is 231 cm³/mol. The number of hydrogen-bond donors (Lipinski definition) is 0. The average molecular weight is 715 g/mol. The third kappa shape index (κ3) is 6.40. The summed E-state index contributed by atoms with van der Waals surface area (Å²) < 4.78 is 0. The summed E-state index contributed by atoms with van der Waals surface area (Å²) in [7, 11) is 0. The molecular formula is C52H34N4. The highest BCUT2D eigenvalue weighted by atomic mass is 14.9. The van der Waals surface area contributed by atoms with Crippen LogP contribution in [0.5, 0.6) is 0 Å². The monoisotopic (exact) mass is 714 g/mol. The van der Waals surface area contributed by atoms with E-state index >= 15 is 0 Å². The first-order valence-electron chi connectivity index (χ1n) is 18.8. The lowest BCUT2D eigenvalue weighted by molar-refractivity contribution is 1.18. The molecule has 0 saturated carbocycles. The van der Waals surface area contributed by atoms with Gasteiger partial charge in [0, 0.05) is 33.0 Å². The van der Waals surface area contributed by atoms with Crippen LogP contribution in [0.2, 0.25) is 0 Å². The highest BCUT2D eigenvalue weighted by Gasteiger charge is 2.14. The van der Waals surface area contributed by atoms with Crippen LogP contribution in [0.4, 0.5) is 0 Å². The van der Waals surface area contributed by atoms with Crippen LogP contribution in [-0.2, 0) is 0 Å². The molecule has 0 saturated heterocycles. The minimum Gasteiger partial charge on any atom is -0.246 e. The van der Waals surface area contributed by atoms with Gasteiger partial charge in [0.15, 0.2) is 5.82 Å². The summed E-state index contributed by atoms with van der Waals surface area (Å²) in [5, 5.41) is 3.42. The molecule has 0 unspecified atom stereocenters. The molecule has 7 aromatic carbocycles.